The quantitative estimate of drug-likeness (QED) is 0.573. The van der Waals surface area contributed by atoms with E-state index in [2.05, 4.69) is 30.3 Å². The predicted molar refractivity (Wildman–Crippen MR) is 67.9 cm³/mol. The lowest BCUT2D eigenvalue weighted by atomic mass is 9.99. The summed E-state index contributed by atoms with van der Waals surface area (Å²) < 4.78 is 0. The van der Waals surface area contributed by atoms with Crippen molar-refractivity contribution in [2.75, 3.05) is 26.7 Å². The van der Waals surface area contributed by atoms with Crippen molar-refractivity contribution in [3.8, 4) is 0 Å². The van der Waals surface area contributed by atoms with Gasteiger partial charge in [-0.25, -0.2) is 0 Å². The number of nitrogens with one attached hydrogen (secondary N) is 1. The van der Waals surface area contributed by atoms with Gasteiger partial charge in [-0.05, 0) is 44.8 Å². The third-order valence-electron chi connectivity index (χ3n) is 3.01. The SMILES string of the molecule is CON/C=C\C=C(/C)CN1CCC(C)CC1. The summed E-state index contributed by atoms with van der Waals surface area (Å²) >= 11 is 0. The molecule has 0 bridgehead atoms. The standard InChI is InChI=1S/C13H24N2O/c1-12-6-9-15(10-7-12)11-13(2)5-4-8-14-16-3/h4-5,8,12,14H,6-7,9-11H2,1-3H3/b8-4-,13-5+. The van der Waals surface area contributed by atoms with Crippen molar-refractivity contribution in [1.82, 2.24) is 10.4 Å². The molecule has 3 heteroatoms. The number of hydrogen-bond donors (Lipinski definition) is 1. The van der Waals surface area contributed by atoms with Crippen LogP contribution in [0.25, 0.3) is 0 Å². The molecule has 16 heavy (non-hydrogen) atoms. The van der Waals surface area contributed by atoms with Gasteiger partial charge in [0.15, 0.2) is 0 Å². The minimum atomic E-state index is 0.909. The summed E-state index contributed by atoms with van der Waals surface area (Å²) in [6.07, 6.45) is 8.58. The lowest BCUT2D eigenvalue weighted by Gasteiger charge is -2.30. The van der Waals surface area contributed by atoms with Gasteiger partial charge in [0.2, 0.25) is 0 Å². The van der Waals surface area contributed by atoms with Crippen molar-refractivity contribution in [3.63, 3.8) is 0 Å². The largest absolute Gasteiger partial charge is 0.299 e. The van der Waals surface area contributed by atoms with Gasteiger partial charge in [-0.2, -0.15) is 0 Å². The van der Waals surface area contributed by atoms with Gasteiger partial charge in [-0.1, -0.05) is 18.6 Å². The molecule has 1 heterocycles. The highest BCUT2D eigenvalue weighted by molar-refractivity contribution is 5.11. The van der Waals surface area contributed by atoms with Crippen LogP contribution in [-0.4, -0.2) is 31.6 Å². The van der Waals surface area contributed by atoms with Gasteiger partial charge in [-0.15, -0.1) is 0 Å². The van der Waals surface area contributed by atoms with Crippen LogP contribution in [0.5, 0.6) is 0 Å². The van der Waals surface area contributed by atoms with Gasteiger partial charge >= 0.3 is 0 Å². The second kappa shape index (κ2) is 7.47. The van der Waals surface area contributed by atoms with E-state index in [0.717, 1.165) is 12.5 Å². The summed E-state index contributed by atoms with van der Waals surface area (Å²) in [4.78, 5) is 7.24. The zero-order valence-corrected chi connectivity index (χ0v) is 10.7. The molecule has 0 aromatic rings. The smallest absolute Gasteiger partial charge is 0.0636 e. The molecule has 1 N–H and O–H groups in total. The van der Waals surface area contributed by atoms with Crippen LogP contribution < -0.4 is 5.48 Å². The normalized spacial score (nSPS) is 20.6. The zero-order chi connectivity index (χ0) is 11.8. The Bertz CT molecular complexity index is 240. The van der Waals surface area contributed by atoms with Crippen LogP contribution in [0.2, 0.25) is 0 Å². The average Bonchev–Trinajstić information content (AvgIpc) is 2.28. The van der Waals surface area contributed by atoms with Gasteiger partial charge in [0.25, 0.3) is 0 Å². The Labute approximate surface area is 99.1 Å². The molecule has 0 spiro atoms. The maximum atomic E-state index is 4.71. The van der Waals surface area contributed by atoms with Crippen molar-refractivity contribution in [2.24, 2.45) is 5.92 Å². The van der Waals surface area contributed by atoms with Gasteiger partial charge in [0.05, 0.1) is 7.11 Å². The molecule has 92 valence electrons. The molecular formula is C13H24N2O. The van der Waals surface area contributed by atoms with Crippen molar-refractivity contribution in [2.45, 2.75) is 26.7 Å². The number of nitrogens with zero attached hydrogens (tertiary/aromatic N) is 1. The van der Waals surface area contributed by atoms with Gasteiger partial charge in [0, 0.05) is 12.7 Å². The van der Waals surface area contributed by atoms with Crippen LogP contribution in [0.4, 0.5) is 0 Å². The molecule has 0 aliphatic carbocycles. The van der Waals surface area contributed by atoms with Crippen molar-refractivity contribution in [3.05, 3.63) is 23.9 Å². The number of piperidine rings is 1. The molecule has 1 rings (SSSR count). The Morgan fingerprint density at radius 2 is 2.12 bits per heavy atom. The molecule has 3 nitrogen and oxygen atoms in total. The van der Waals surface area contributed by atoms with Crippen molar-refractivity contribution >= 4 is 0 Å². The number of rotatable bonds is 5. The first-order valence-corrected chi connectivity index (χ1v) is 6.05. The summed E-state index contributed by atoms with van der Waals surface area (Å²) in [6.45, 7) is 8.09. The second-order valence-corrected chi connectivity index (χ2v) is 4.65. The van der Waals surface area contributed by atoms with E-state index in [1.165, 1.54) is 31.5 Å². The van der Waals surface area contributed by atoms with Crippen LogP contribution in [0, 0.1) is 5.92 Å². The Kier molecular flexibility index (Phi) is 6.19. The lowest BCUT2D eigenvalue weighted by molar-refractivity contribution is 0.128. The monoisotopic (exact) mass is 224 g/mol. The van der Waals surface area contributed by atoms with Gasteiger partial charge in [0.1, 0.15) is 0 Å². The van der Waals surface area contributed by atoms with E-state index in [1.54, 1.807) is 13.3 Å². The predicted octanol–water partition coefficient (Wildman–Crippen LogP) is 2.33. The summed E-state index contributed by atoms with van der Waals surface area (Å²) in [5.41, 5.74) is 4.07. The Hall–Kier alpha value is -0.800. The molecule has 0 amide bonds. The average molecular weight is 224 g/mol. The van der Waals surface area contributed by atoms with Crippen molar-refractivity contribution in [1.29, 1.82) is 0 Å². The van der Waals surface area contributed by atoms with E-state index in [4.69, 9.17) is 4.84 Å². The maximum Gasteiger partial charge on any atom is 0.0636 e. The molecule has 0 radical (unpaired) electrons. The molecule has 1 fully saturated rings. The summed E-state index contributed by atoms with van der Waals surface area (Å²) in [7, 11) is 1.61. The summed E-state index contributed by atoms with van der Waals surface area (Å²) in [5.74, 6) is 0.909. The van der Waals surface area contributed by atoms with Gasteiger partial charge < -0.3 is 0 Å². The maximum absolute atomic E-state index is 4.71. The first kappa shape index (κ1) is 13.3. The number of allylic oxidation sites excluding steroid dienone is 2. The summed E-state index contributed by atoms with van der Waals surface area (Å²) in [6, 6.07) is 0. The highest BCUT2D eigenvalue weighted by Gasteiger charge is 2.14. The van der Waals surface area contributed by atoms with E-state index in [9.17, 15) is 0 Å². The van der Waals surface area contributed by atoms with Crippen molar-refractivity contribution < 1.29 is 4.84 Å². The molecule has 0 saturated carbocycles. The minimum Gasteiger partial charge on any atom is -0.299 e. The first-order chi connectivity index (χ1) is 7.72. The topological polar surface area (TPSA) is 24.5 Å². The van der Waals surface area contributed by atoms with Crippen LogP contribution in [-0.2, 0) is 4.84 Å². The third-order valence-corrected chi connectivity index (χ3v) is 3.01. The van der Waals surface area contributed by atoms with Crippen LogP contribution >= 0.6 is 0 Å². The van der Waals surface area contributed by atoms with Crippen LogP contribution in [0.1, 0.15) is 26.7 Å². The molecule has 0 aromatic carbocycles. The number of hydroxylamine groups is 1. The Balaban J connectivity index is 2.25. The van der Waals surface area contributed by atoms with E-state index < -0.39 is 0 Å². The van der Waals surface area contributed by atoms with Crippen LogP contribution in [0.3, 0.4) is 0 Å². The van der Waals surface area contributed by atoms with E-state index in [0.29, 0.717) is 0 Å². The number of likely N-dealkylation sites (tertiary alicyclic amines) is 1. The van der Waals surface area contributed by atoms with E-state index >= 15 is 0 Å². The minimum absolute atomic E-state index is 0.909. The Morgan fingerprint density at radius 3 is 2.75 bits per heavy atom. The fourth-order valence-corrected chi connectivity index (χ4v) is 1.95. The molecule has 1 saturated heterocycles. The molecule has 0 atom stereocenters. The van der Waals surface area contributed by atoms with E-state index in [1.807, 2.05) is 6.08 Å². The zero-order valence-electron chi connectivity index (χ0n) is 10.7. The van der Waals surface area contributed by atoms with Gasteiger partial charge in [-0.3, -0.25) is 15.2 Å². The van der Waals surface area contributed by atoms with E-state index in [-0.39, 0.29) is 0 Å². The number of hydrogen-bond acceptors (Lipinski definition) is 3. The second-order valence-electron chi connectivity index (χ2n) is 4.65. The molecule has 1 aliphatic rings. The highest BCUT2D eigenvalue weighted by Crippen LogP contribution is 2.16. The summed E-state index contributed by atoms with van der Waals surface area (Å²) in [5, 5.41) is 0. The molecule has 1 aliphatic heterocycles. The lowest BCUT2D eigenvalue weighted by Crippen LogP contribution is -2.33. The molecule has 0 unspecified atom stereocenters. The fraction of sp³-hybridized carbons (Fsp3) is 0.692. The highest BCUT2D eigenvalue weighted by atomic mass is 16.6. The Morgan fingerprint density at radius 1 is 1.44 bits per heavy atom. The third kappa shape index (κ3) is 5.33. The molecule has 0 aromatic heterocycles. The first-order valence-electron chi connectivity index (χ1n) is 6.05. The van der Waals surface area contributed by atoms with Crippen LogP contribution in [0.15, 0.2) is 23.9 Å². The fourth-order valence-electron chi connectivity index (χ4n) is 1.95. The molecular weight excluding hydrogens is 200 g/mol.